The molecule has 11 heteroatoms. The number of fused-ring (bicyclic) bond motifs is 2. The van der Waals surface area contributed by atoms with Crippen molar-refractivity contribution in [3.05, 3.63) is 64.6 Å². The molecule has 31 heavy (non-hydrogen) atoms. The Morgan fingerprint density at radius 2 is 1.90 bits per heavy atom. The number of rotatable bonds is 4. The van der Waals surface area contributed by atoms with Gasteiger partial charge < -0.3 is 14.0 Å². The zero-order valence-corrected chi connectivity index (χ0v) is 16.4. The van der Waals surface area contributed by atoms with Crippen molar-refractivity contribution in [1.82, 2.24) is 29.2 Å². The first-order valence-corrected chi connectivity index (χ1v) is 9.88. The summed E-state index contributed by atoms with van der Waals surface area (Å²) >= 11 is 0. The van der Waals surface area contributed by atoms with Crippen LogP contribution in [-0.2, 0) is 13.6 Å². The molecule has 2 aliphatic rings. The number of aromatic nitrogens is 6. The van der Waals surface area contributed by atoms with E-state index in [-0.39, 0.29) is 18.0 Å². The smallest absolute Gasteiger partial charge is 0.280 e. The first kappa shape index (κ1) is 18.2. The van der Waals surface area contributed by atoms with Crippen molar-refractivity contribution in [2.24, 2.45) is 18.9 Å². The first-order chi connectivity index (χ1) is 15.0. The topological polar surface area (TPSA) is 94.9 Å². The molecule has 1 aliphatic carbocycles. The second-order valence-electron chi connectivity index (χ2n) is 8.11. The zero-order valence-electron chi connectivity index (χ0n) is 16.4. The van der Waals surface area contributed by atoms with Crippen LogP contribution in [0.5, 0.6) is 0 Å². The Labute approximate surface area is 173 Å². The van der Waals surface area contributed by atoms with E-state index in [2.05, 4.69) is 20.1 Å². The summed E-state index contributed by atoms with van der Waals surface area (Å²) in [5.41, 5.74) is 1.26. The largest absolute Gasteiger partial charge is 0.371 e. The summed E-state index contributed by atoms with van der Waals surface area (Å²) < 4.78 is 35.1. The summed E-state index contributed by atoms with van der Waals surface area (Å²) in [4.78, 5) is 27.5. The SMILES string of the molecule is Cn1cnc2ncn(Cc3nc([C@@H]4[C@@H]5CN(c6ccc(F)c(F)c6)C[C@@H]54)no3)c(=O)c21. The molecule has 4 aromatic rings. The minimum absolute atomic E-state index is 0.128. The third-order valence-corrected chi connectivity index (χ3v) is 6.25. The van der Waals surface area contributed by atoms with Crippen molar-refractivity contribution >= 4 is 16.9 Å². The van der Waals surface area contributed by atoms with Gasteiger partial charge in [-0.3, -0.25) is 9.36 Å². The zero-order chi connectivity index (χ0) is 21.3. The van der Waals surface area contributed by atoms with Crippen molar-refractivity contribution in [1.29, 1.82) is 0 Å². The lowest BCUT2D eigenvalue weighted by Gasteiger charge is -2.21. The van der Waals surface area contributed by atoms with Crippen molar-refractivity contribution in [3.8, 4) is 0 Å². The number of piperidine rings is 1. The van der Waals surface area contributed by atoms with E-state index in [1.54, 1.807) is 24.0 Å². The normalized spacial score (nSPS) is 22.3. The highest BCUT2D eigenvalue weighted by Crippen LogP contribution is 2.57. The van der Waals surface area contributed by atoms with Crippen LogP contribution >= 0.6 is 0 Å². The van der Waals surface area contributed by atoms with Gasteiger partial charge in [0, 0.05) is 37.8 Å². The monoisotopic (exact) mass is 425 g/mol. The lowest BCUT2D eigenvalue weighted by molar-refractivity contribution is 0.363. The molecule has 2 fully saturated rings. The highest BCUT2D eigenvalue weighted by molar-refractivity contribution is 5.68. The summed E-state index contributed by atoms with van der Waals surface area (Å²) in [5.74, 6) is 0.130. The molecule has 6 rings (SSSR count). The number of nitrogens with zero attached hydrogens (tertiary/aromatic N) is 7. The maximum Gasteiger partial charge on any atom is 0.280 e. The summed E-state index contributed by atoms with van der Waals surface area (Å²) in [6.45, 7) is 1.58. The highest BCUT2D eigenvalue weighted by Gasteiger charge is 2.58. The van der Waals surface area contributed by atoms with Gasteiger partial charge in [-0.15, -0.1) is 0 Å². The lowest BCUT2D eigenvalue weighted by Crippen LogP contribution is -2.24. The van der Waals surface area contributed by atoms with Gasteiger partial charge in [0.2, 0.25) is 5.89 Å². The molecule has 1 aliphatic heterocycles. The Bertz CT molecular complexity index is 1370. The first-order valence-electron chi connectivity index (χ1n) is 9.88. The second kappa shape index (κ2) is 6.43. The Hall–Kier alpha value is -3.63. The minimum atomic E-state index is -0.845. The molecule has 158 valence electrons. The van der Waals surface area contributed by atoms with Crippen molar-refractivity contribution in [2.75, 3.05) is 18.0 Å². The predicted octanol–water partition coefficient (Wildman–Crippen LogP) is 1.69. The molecular weight excluding hydrogens is 408 g/mol. The van der Waals surface area contributed by atoms with Crippen LogP contribution < -0.4 is 10.5 Å². The van der Waals surface area contributed by atoms with Gasteiger partial charge in [0.25, 0.3) is 5.56 Å². The predicted molar refractivity (Wildman–Crippen MR) is 104 cm³/mol. The third-order valence-electron chi connectivity index (χ3n) is 6.25. The van der Waals surface area contributed by atoms with Crippen LogP contribution in [0.25, 0.3) is 11.2 Å². The molecule has 1 aromatic carbocycles. The van der Waals surface area contributed by atoms with Crippen LogP contribution in [0.3, 0.4) is 0 Å². The fraction of sp³-hybridized carbons (Fsp3) is 0.350. The van der Waals surface area contributed by atoms with Crippen molar-refractivity contribution in [2.45, 2.75) is 12.5 Å². The fourth-order valence-electron chi connectivity index (χ4n) is 4.60. The summed E-state index contributed by atoms with van der Waals surface area (Å²) in [5, 5.41) is 4.11. The maximum atomic E-state index is 13.5. The Balaban J connectivity index is 1.16. The molecule has 0 bridgehead atoms. The average molecular weight is 425 g/mol. The van der Waals surface area contributed by atoms with Crippen LogP contribution in [0.15, 0.2) is 40.2 Å². The maximum absolute atomic E-state index is 13.5. The molecule has 9 nitrogen and oxygen atoms in total. The van der Waals surface area contributed by atoms with Crippen LogP contribution in [0.1, 0.15) is 17.6 Å². The number of aryl methyl sites for hydroxylation is 1. The van der Waals surface area contributed by atoms with Gasteiger partial charge in [-0.2, -0.15) is 4.98 Å². The number of halogens is 2. The number of imidazole rings is 1. The summed E-state index contributed by atoms with van der Waals surface area (Å²) in [6.07, 6.45) is 2.97. The molecule has 4 heterocycles. The van der Waals surface area contributed by atoms with Gasteiger partial charge in [-0.05, 0) is 24.0 Å². The molecule has 3 atom stereocenters. The molecule has 3 aromatic heterocycles. The van der Waals surface area contributed by atoms with E-state index in [1.165, 1.54) is 17.0 Å². The second-order valence-corrected chi connectivity index (χ2v) is 8.11. The number of hydrogen-bond acceptors (Lipinski definition) is 7. The molecule has 0 spiro atoms. The van der Waals surface area contributed by atoms with E-state index < -0.39 is 11.6 Å². The minimum Gasteiger partial charge on any atom is -0.371 e. The van der Waals surface area contributed by atoms with Crippen LogP contribution in [-0.4, -0.2) is 42.3 Å². The molecule has 0 N–H and O–H groups in total. The number of hydrogen-bond donors (Lipinski definition) is 0. The highest BCUT2D eigenvalue weighted by atomic mass is 19.2. The van der Waals surface area contributed by atoms with Crippen molar-refractivity contribution < 1.29 is 13.3 Å². The van der Waals surface area contributed by atoms with Gasteiger partial charge in [0.05, 0.1) is 6.33 Å². The van der Waals surface area contributed by atoms with Gasteiger partial charge in [-0.1, -0.05) is 5.16 Å². The Morgan fingerprint density at radius 1 is 1.13 bits per heavy atom. The molecule has 0 radical (unpaired) electrons. The molecule has 1 saturated carbocycles. The van der Waals surface area contributed by atoms with Crippen molar-refractivity contribution in [3.63, 3.8) is 0 Å². The molecule has 1 saturated heterocycles. The average Bonchev–Trinajstić information content (AvgIpc) is 3.18. The number of benzene rings is 1. The molecule has 0 unspecified atom stereocenters. The summed E-state index contributed by atoms with van der Waals surface area (Å²) in [7, 11) is 1.74. The van der Waals surface area contributed by atoms with E-state index in [0.29, 0.717) is 40.4 Å². The number of anilines is 1. The molecule has 0 amide bonds. The van der Waals surface area contributed by atoms with Gasteiger partial charge in [-0.25, -0.2) is 18.7 Å². The lowest BCUT2D eigenvalue weighted by atomic mass is 10.2. The van der Waals surface area contributed by atoms with E-state index in [4.69, 9.17) is 4.52 Å². The standard InChI is InChI=1S/C20H17F2N7O2/c1-27-8-23-19-17(27)20(30)29(9-24-19)7-15-25-18(26-31-15)16-11-5-28(6-12(11)16)10-2-3-13(21)14(22)4-10/h2-4,8-9,11-12,16H,5-7H2,1H3/t11-,12+,16-. The Morgan fingerprint density at radius 3 is 2.68 bits per heavy atom. The van der Waals surface area contributed by atoms with Gasteiger partial charge >= 0.3 is 0 Å². The van der Waals surface area contributed by atoms with Gasteiger partial charge in [0.15, 0.2) is 28.6 Å². The van der Waals surface area contributed by atoms with E-state index in [0.717, 1.165) is 19.2 Å². The third kappa shape index (κ3) is 2.83. The van der Waals surface area contributed by atoms with Crippen LogP contribution in [0.4, 0.5) is 14.5 Å². The van der Waals surface area contributed by atoms with Crippen LogP contribution in [0.2, 0.25) is 0 Å². The van der Waals surface area contributed by atoms with E-state index in [9.17, 15) is 13.6 Å². The summed E-state index contributed by atoms with van der Waals surface area (Å²) in [6, 6.07) is 3.97. The quantitative estimate of drug-likeness (QED) is 0.491. The van der Waals surface area contributed by atoms with Crippen LogP contribution in [0, 0.1) is 23.5 Å². The fourth-order valence-corrected chi connectivity index (χ4v) is 4.60. The van der Waals surface area contributed by atoms with E-state index >= 15 is 0 Å². The molecular formula is C20H17F2N7O2. The van der Waals surface area contributed by atoms with E-state index in [1.807, 2.05) is 4.90 Å². The van der Waals surface area contributed by atoms with Gasteiger partial charge in [0.1, 0.15) is 12.9 Å². The Kier molecular flexibility index (Phi) is 3.77.